The summed E-state index contributed by atoms with van der Waals surface area (Å²) in [4.78, 5) is 0. The molecule has 2 nitrogen and oxygen atoms in total. The summed E-state index contributed by atoms with van der Waals surface area (Å²) in [5, 5.41) is 3.50. The van der Waals surface area contributed by atoms with Gasteiger partial charge in [0.15, 0.2) is 0 Å². The van der Waals surface area contributed by atoms with Gasteiger partial charge in [-0.25, -0.2) is 0 Å². The molecule has 0 spiro atoms. The molecule has 0 aliphatic carbocycles. The lowest BCUT2D eigenvalue weighted by Gasteiger charge is -2.18. The molecule has 1 aromatic carbocycles. The average Bonchev–Trinajstić information content (AvgIpc) is 2.36. The minimum absolute atomic E-state index is 0.276. The number of nitrogens with one attached hydrogen (secondary N) is 1. The molecule has 0 aliphatic heterocycles. The van der Waals surface area contributed by atoms with Gasteiger partial charge in [0.1, 0.15) is 5.75 Å². The van der Waals surface area contributed by atoms with Gasteiger partial charge < -0.3 is 10.1 Å². The molecule has 0 aliphatic rings. The molecule has 19 heavy (non-hydrogen) atoms. The van der Waals surface area contributed by atoms with E-state index in [4.69, 9.17) is 4.74 Å². The fourth-order valence-corrected chi connectivity index (χ4v) is 2.80. The van der Waals surface area contributed by atoms with E-state index in [1.165, 1.54) is 5.56 Å². The number of ether oxygens (including phenoxy) is 1. The van der Waals surface area contributed by atoms with Gasteiger partial charge in [-0.1, -0.05) is 42.3 Å². The Morgan fingerprint density at radius 2 is 1.95 bits per heavy atom. The van der Waals surface area contributed by atoms with E-state index in [0.29, 0.717) is 6.04 Å². The van der Waals surface area contributed by atoms with Crippen molar-refractivity contribution in [2.24, 2.45) is 0 Å². The van der Waals surface area contributed by atoms with Gasteiger partial charge in [0.05, 0.1) is 6.10 Å². The highest BCUT2D eigenvalue weighted by Crippen LogP contribution is 2.28. The van der Waals surface area contributed by atoms with Crippen LogP contribution in [0.4, 0.5) is 0 Å². The quantitative estimate of drug-likeness (QED) is 0.719. The van der Waals surface area contributed by atoms with Crippen LogP contribution in [0, 0.1) is 0 Å². The van der Waals surface area contributed by atoms with E-state index in [-0.39, 0.29) is 6.10 Å². The van der Waals surface area contributed by atoms with E-state index in [1.54, 1.807) is 0 Å². The normalized spacial score (nSPS) is 14.2. The second kappa shape index (κ2) is 8.60. The van der Waals surface area contributed by atoms with E-state index in [1.807, 2.05) is 0 Å². The number of benzene rings is 1. The van der Waals surface area contributed by atoms with E-state index in [2.05, 4.69) is 67.1 Å². The molecule has 0 amide bonds. The van der Waals surface area contributed by atoms with E-state index in [9.17, 15) is 0 Å². The van der Waals surface area contributed by atoms with E-state index in [0.717, 1.165) is 36.0 Å². The van der Waals surface area contributed by atoms with Crippen LogP contribution in [0.25, 0.3) is 0 Å². The molecule has 3 heteroatoms. The topological polar surface area (TPSA) is 21.3 Å². The third kappa shape index (κ3) is 5.53. The van der Waals surface area contributed by atoms with E-state index >= 15 is 0 Å². The molecule has 0 fully saturated rings. The van der Waals surface area contributed by atoms with Crippen LogP contribution < -0.4 is 10.1 Å². The van der Waals surface area contributed by atoms with Gasteiger partial charge in [-0.2, -0.15) is 0 Å². The summed E-state index contributed by atoms with van der Waals surface area (Å²) >= 11 is 3.65. The molecule has 1 N–H and O–H groups in total. The lowest BCUT2D eigenvalue weighted by Crippen LogP contribution is -2.19. The van der Waals surface area contributed by atoms with E-state index < -0.39 is 0 Å². The van der Waals surface area contributed by atoms with Crippen molar-refractivity contribution in [3.05, 3.63) is 28.2 Å². The van der Waals surface area contributed by atoms with Crippen LogP contribution in [-0.2, 0) is 0 Å². The summed E-state index contributed by atoms with van der Waals surface area (Å²) in [6.45, 7) is 9.72. The largest absolute Gasteiger partial charge is 0.491 e. The minimum atomic E-state index is 0.276. The average molecular weight is 328 g/mol. The van der Waals surface area contributed by atoms with Crippen molar-refractivity contribution in [1.82, 2.24) is 5.32 Å². The van der Waals surface area contributed by atoms with Crippen molar-refractivity contribution in [2.75, 3.05) is 6.54 Å². The first-order chi connectivity index (χ1) is 9.08. The van der Waals surface area contributed by atoms with Crippen molar-refractivity contribution in [1.29, 1.82) is 0 Å². The Morgan fingerprint density at radius 1 is 1.21 bits per heavy atom. The molecule has 0 bridgehead atoms. The molecule has 2 unspecified atom stereocenters. The first kappa shape index (κ1) is 16.5. The van der Waals surface area contributed by atoms with Crippen LogP contribution in [-0.4, -0.2) is 12.6 Å². The molecule has 0 radical (unpaired) electrons. The van der Waals surface area contributed by atoms with Crippen molar-refractivity contribution >= 4 is 15.9 Å². The molecule has 2 atom stereocenters. The summed E-state index contributed by atoms with van der Waals surface area (Å²) in [6.07, 6.45) is 3.67. The second-order valence-electron chi connectivity index (χ2n) is 5.08. The first-order valence-electron chi connectivity index (χ1n) is 7.27. The van der Waals surface area contributed by atoms with Crippen LogP contribution in [0.2, 0.25) is 0 Å². The third-order valence-corrected chi connectivity index (χ3v) is 3.86. The van der Waals surface area contributed by atoms with Crippen molar-refractivity contribution in [3.8, 4) is 5.75 Å². The van der Waals surface area contributed by atoms with Crippen LogP contribution in [0.3, 0.4) is 0 Å². The Hall–Kier alpha value is -0.540. The van der Waals surface area contributed by atoms with Crippen LogP contribution in [0.1, 0.15) is 58.6 Å². The standard InChI is InChI=1S/C16H26BrNO/c1-5-7-12(3)19-14-8-9-15(16(17)11-14)13(4)18-10-6-2/h8-9,11-13,18H,5-7,10H2,1-4H3. The molecule has 1 aromatic rings. The third-order valence-electron chi connectivity index (χ3n) is 3.17. The Labute approximate surface area is 126 Å². The Morgan fingerprint density at radius 3 is 2.53 bits per heavy atom. The number of hydrogen-bond acceptors (Lipinski definition) is 2. The van der Waals surface area contributed by atoms with Gasteiger partial charge in [0.25, 0.3) is 0 Å². The van der Waals surface area contributed by atoms with Gasteiger partial charge in [-0.05, 0) is 50.9 Å². The maximum Gasteiger partial charge on any atom is 0.120 e. The SMILES string of the molecule is CCCNC(C)c1ccc(OC(C)CCC)cc1Br. The van der Waals surface area contributed by atoms with Gasteiger partial charge in [0, 0.05) is 10.5 Å². The van der Waals surface area contributed by atoms with Crippen LogP contribution in [0.5, 0.6) is 5.75 Å². The summed E-state index contributed by atoms with van der Waals surface area (Å²) < 4.78 is 7.02. The lowest BCUT2D eigenvalue weighted by molar-refractivity contribution is 0.209. The highest BCUT2D eigenvalue weighted by atomic mass is 79.9. The summed E-state index contributed by atoms with van der Waals surface area (Å²) in [6, 6.07) is 6.64. The fourth-order valence-electron chi connectivity index (χ4n) is 2.10. The monoisotopic (exact) mass is 327 g/mol. The zero-order chi connectivity index (χ0) is 14.3. The molecule has 0 heterocycles. The maximum atomic E-state index is 5.90. The summed E-state index contributed by atoms with van der Waals surface area (Å²) in [5.74, 6) is 0.944. The van der Waals surface area contributed by atoms with Gasteiger partial charge in [-0.3, -0.25) is 0 Å². The molecule has 108 valence electrons. The van der Waals surface area contributed by atoms with Crippen LogP contribution in [0.15, 0.2) is 22.7 Å². The molecular formula is C16H26BrNO. The Kier molecular flexibility index (Phi) is 7.47. The number of halogens is 1. The predicted octanol–water partition coefficient (Wildman–Crippen LogP) is 5.08. The van der Waals surface area contributed by atoms with Gasteiger partial charge in [0.2, 0.25) is 0 Å². The second-order valence-corrected chi connectivity index (χ2v) is 5.93. The number of rotatable bonds is 8. The molecule has 1 rings (SSSR count). The highest BCUT2D eigenvalue weighted by Gasteiger charge is 2.10. The lowest BCUT2D eigenvalue weighted by atomic mass is 10.1. The summed E-state index contributed by atoms with van der Waals surface area (Å²) in [5.41, 5.74) is 1.28. The number of hydrogen-bond donors (Lipinski definition) is 1. The molecule has 0 saturated heterocycles. The Bertz CT molecular complexity index is 381. The van der Waals surface area contributed by atoms with Gasteiger partial charge >= 0.3 is 0 Å². The smallest absolute Gasteiger partial charge is 0.120 e. The first-order valence-corrected chi connectivity index (χ1v) is 8.07. The van der Waals surface area contributed by atoms with Crippen LogP contribution >= 0.6 is 15.9 Å². The highest BCUT2D eigenvalue weighted by molar-refractivity contribution is 9.10. The molecular weight excluding hydrogens is 302 g/mol. The van der Waals surface area contributed by atoms with Crippen molar-refractivity contribution in [3.63, 3.8) is 0 Å². The summed E-state index contributed by atoms with van der Waals surface area (Å²) in [7, 11) is 0. The molecule has 0 aromatic heterocycles. The predicted molar refractivity (Wildman–Crippen MR) is 85.8 cm³/mol. The van der Waals surface area contributed by atoms with Gasteiger partial charge in [-0.15, -0.1) is 0 Å². The Balaban J connectivity index is 2.68. The minimum Gasteiger partial charge on any atom is -0.491 e. The fraction of sp³-hybridized carbons (Fsp3) is 0.625. The van der Waals surface area contributed by atoms with Crippen molar-refractivity contribution in [2.45, 2.75) is 59.1 Å². The maximum absolute atomic E-state index is 5.90. The van der Waals surface area contributed by atoms with Crippen molar-refractivity contribution < 1.29 is 4.74 Å². The zero-order valence-electron chi connectivity index (χ0n) is 12.5. The molecule has 0 saturated carbocycles. The zero-order valence-corrected chi connectivity index (χ0v) is 14.1.